The highest BCUT2D eigenvalue weighted by Gasteiger charge is 2.22. The summed E-state index contributed by atoms with van der Waals surface area (Å²) in [5, 5.41) is 2.61. The second kappa shape index (κ2) is 5.24. The van der Waals surface area contributed by atoms with Crippen LogP contribution >= 0.6 is 11.3 Å². The van der Waals surface area contributed by atoms with Gasteiger partial charge in [-0.15, -0.1) is 11.3 Å². The summed E-state index contributed by atoms with van der Waals surface area (Å²) in [6.07, 6.45) is 0. The number of para-hydroxylation sites is 1. The number of hydrogen-bond donors (Lipinski definition) is 2. The van der Waals surface area contributed by atoms with E-state index >= 15 is 0 Å². The molecule has 6 heteroatoms. The Morgan fingerprint density at radius 3 is 2.95 bits per heavy atom. The van der Waals surface area contributed by atoms with E-state index in [9.17, 15) is 4.39 Å². The highest BCUT2D eigenvalue weighted by Crippen LogP contribution is 2.36. The number of hydrazine groups is 1. The van der Waals surface area contributed by atoms with Crippen molar-refractivity contribution >= 4 is 22.3 Å². The predicted molar refractivity (Wildman–Crippen MR) is 76.2 cm³/mol. The number of thiophene rings is 1. The number of benzene rings is 1. The van der Waals surface area contributed by atoms with Crippen LogP contribution in [0.4, 0.5) is 4.39 Å². The molecule has 104 valence electrons. The number of ether oxygens (including phenoxy) is 1. The van der Waals surface area contributed by atoms with E-state index in [1.165, 1.54) is 17.4 Å². The zero-order valence-corrected chi connectivity index (χ0v) is 11.5. The van der Waals surface area contributed by atoms with E-state index in [0.717, 1.165) is 10.6 Å². The molecule has 3 N–H and O–H groups in total. The van der Waals surface area contributed by atoms with E-state index in [0.29, 0.717) is 11.1 Å². The third-order valence-corrected chi connectivity index (χ3v) is 4.07. The van der Waals surface area contributed by atoms with Crippen LogP contribution in [0.1, 0.15) is 16.7 Å². The van der Waals surface area contributed by atoms with Crippen LogP contribution < -0.4 is 16.0 Å². The van der Waals surface area contributed by atoms with Gasteiger partial charge >= 0.3 is 0 Å². The molecule has 0 saturated carbocycles. The third-order valence-electron chi connectivity index (χ3n) is 3.11. The summed E-state index contributed by atoms with van der Waals surface area (Å²) < 4.78 is 24.6. The van der Waals surface area contributed by atoms with Crippen molar-refractivity contribution in [2.45, 2.75) is 6.04 Å². The minimum atomic E-state index is -0.386. The summed E-state index contributed by atoms with van der Waals surface area (Å²) in [5.74, 6) is 6.51. The molecule has 1 aromatic carbocycles. The molecule has 0 aliphatic carbocycles. The molecule has 0 spiro atoms. The molecule has 3 rings (SSSR count). The van der Waals surface area contributed by atoms with Crippen LogP contribution in [0.25, 0.3) is 11.0 Å². The molecule has 1 unspecified atom stereocenters. The fourth-order valence-electron chi connectivity index (χ4n) is 2.16. The number of furan rings is 1. The van der Waals surface area contributed by atoms with Gasteiger partial charge in [0.1, 0.15) is 17.6 Å². The lowest BCUT2D eigenvalue weighted by Crippen LogP contribution is -2.28. The first-order valence-corrected chi connectivity index (χ1v) is 6.88. The predicted octanol–water partition coefficient (Wildman–Crippen LogP) is 3.19. The van der Waals surface area contributed by atoms with Gasteiger partial charge in [-0.1, -0.05) is 12.1 Å². The SMILES string of the molecule is COc1ccsc1C(NN)c1cc2cccc(F)c2o1. The van der Waals surface area contributed by atoms with Crippen LogP contribution in [-0.4, -0.2) is 7.11 Å². The number of rotatable bonds is 4. The average molecular weight is 292 g/mol. The molecular formula is C14H13FN2O2S. The first kappa shape index (κ1) is 13.1. The minimum Gasteiger partial charge on any atom is -0.496 e. The lowest BCUT2D eigenvalue weighted by Gasteiger charge is -2.13. The van der Waals surface area contributed by atoms with Gasteiger partial charge in [0.05, 0.1) is 12.0 Å². The van der Waals surface area contributed by atoms with Crippen molar-refractivity contribution in [3.05, 3.63) is 52.2 Å². The number of nitrogens with two attached hydrogens (primary N) is 1. The summed E-state index contributed by atoms with van der Waals surface area (Å²) in [6.45, 7) is 0. The van der Waals surface area contributed by atoms with E-state index in [4.69, 9.17) is 15.0 Å². The molecule has 3 aromatic rings. The number of halogens is 1. The number of hydrogen-bond acceptors (Lipinski definition) is 5. The lowest BCUT2D eigenvalue weighted by molar-refractivity contribution is 0.400. The second-order valence-corrected chi connectivity index (χ2v) is 5.21. The van der Waals surface area contributed by atoms with Gasteiger partial charge < -0.3 is 9.15 Å². The van der Waals surface area contributed by atoms with Gasteiger partial charge in [-0.25, -0.2) is 9.82 Å². The van der Waals surface area contributed by atoms with Crippen molar-refractivity contribution in [1.82, 2.24) is 5.43 Å². The molecule has 0 aliphatic rings. The molecule has 0 saturated heterocycles. The first-order valence-electron chi connectivity index (χ1n) is 6.00. The quantitative estimate of drug-likeness (QED) is 0.572. The van der Waals surface area contributed by atoms with Gasteiger partial charge in [0.15, 0.2) is 11.4 Å². The van der Waals surface area contributed by atoms with Gasteiger partial charge in [-0.3, -0.25) is 5.84 Å². The fraction of sp³-hybridized carbons (Fsp3) is 0.143. The minimum absolute atomic E-state index is 0.235. The molecule has 20 heavy (non-hydrogen) atoms. The molecule has 2 aromatic heterocycles. The maximum Gasteiger partial charge on any atom is 0.169 e. The summed E-state index contributed by atoms with van der Waals surface area (Å²) in [4.78, 5) is 0.884. The number of nitrogens with one attached hydrogen (secondary N) is 1. The molecule has 0 bridgehead atoms. The standard InChI is InChI=1S/C14H13FN2O2S/c1-18-10-5-6-20-14(10)12(17-16)11-7-8-3-2-4-9(15)13(8)19-11/h2-7,12,17H,16H2,1H3. The van der Waals surface area contributed by atoms with Crippen LogP contribution in [0.15, 0.2) is 40.1 Å². The van der Waals surface area contributed by atoms with Crippen LogP contribution in [-0.2, 0) is 0 Å². The van der Waals surface area contributed by atoms with Crippen LogP contribution in [0.2, 0.25) is 0 Å². The van der Waals surface area contributed by atoms with E-state index in [1.54, 1.807) is 25.3 Å². The van der Waals surface area contributed by atoms with Gasteiger partial charge in [-0.2, -0.15) is 0 Å². The molecule has 0 amide bonds. The molecule has 4 nitrogen and oxygen atoms in total. The Labute approximate surface area is 118 Å². The second-order valence-electron chi connectivity index (χ2n) is 4.26. The van der Waals surface area contributed by atoms with Crippen molar-refractivity contribution in [2.75, 3.05) is 7.11 Å². The van der Waals surface area contributed by atoms with Crippen molar-refractivity contribution in [3.8, 4) is 5.75 Å². The normalized spacial score (nSPS) is 12.8. The summed E-state index contributed by atoms with van der Waals surface area (Å²) in [6, 6.07) is 8.07. The Kier molecular flexibility index (Phi) is 3.43. The van der Waals surface area contributed by atoms with Crippen molar-refractivity contribution in [2.24, 2.45) is 5.84 Å². The Morgan fingerprint density at radius 2 is 2.25 bits per heavy atom. The summed E-state index contributed by atoms with van der Waals surface area (Å²) in [7, 11) is 1.59. The smallest absolute Gasteiger partial charge is 0.169 e. The van der Waals surface area contributed by atoms with E-state index in [1.807, 2.05) is 11.4 Å². The molecule has 0 aliphatic heterocycles. The molecule has 0 radical (unpaired) electrons. The average Bonchev–Trinajstić information content (AvgIpc) is 3.07. The van der Waals surface area contributed by atoms with E-state index < -0.39 is 0 Å². The van der Waals surface area contributed by atoms with Crippen LogP contribution in [0.5, 0.6) is 5.75 Å². The van der Waals surface area contributed by atoms with Crippen molar-refractivity contribution in [1.29, 1.82) is 0 Å². The highest BCUT2D eigenvalue weighted by molar-refractivity contribution is 7.10. The molecule has 1 atom stereocenters. The summed E-state index contributed by atoms with van der Waals surface area (Å²) >= 11 is 1.49. The van der Waals surface area contributed by atoms with Crippen molar-refractivity contribution < 1.29 is 13.5 Å². The largest absolute Gasteiger partial charge is 0.496 e. The number of fused-ring (bicyclic) bond motifs is 1. The maximum atomic E-state index is 13.7. The molecular weight excluding hydrogens is 279 g/mol. The van der Waals surface area contributed by atoms with E-state index in [2.05, 4.69) is 5.43 Å². The summed E-state index contributed by atoms with van der Waals surface area (Å²) in [5.41, 5.74) is 2.92. The fourth-order valence-corrected chi connectivity index (χ4v) is 3.09. The van der Waals surface area contributed by atoms with Gasteiger partial charge in [0, 0.05) is 5.39 Å². The Balaban J connectivity index is 2.10. The zero-order valence-electron chi connectivity index (χ0n) is 10.7. The third kappa shape index (κ3) is 2.07. The highest BCUT2D eigenvalue weighted by atomic mass is 32.1. The van der Waals surface area contributed by atoms with Crippen molar-refractivity contribution in [3.63, 3.8) is 0 Å². The Morgan fingerprint density at radius 1 is 1.40 bits per heavy atom. The Hall–Kier alpha value is -1.89. The molecule has 0 fully saturated rings. The first-order chi connectivity index (χ1) is 9.74. The number of methoxy groups -OCH3 is 1. The van der Waals surface area contributed by atoms with Gasteiger partial charge in [0.2, 0.25) is 0 Å². The monoisotopic (exact) mass is 292 g/mol. The van der Waals surface area contributed by atoms with Crippen LogP contribution in [0, 0.1) is 5.82 Å². The molecule has 2 heterocycles. The van der Waals surface area contributed by atoms with Gasteiger partial charge in [-0.05, 0) is 23.6 Å². The maximum absolute atomic E-state index is 13.7. The lowest BCUT2D eigenvalue weighted by atomic mass is 10.1. The van der Waals surface area contributed by atoms with Crippen LogP contribution in [0.3, 0.4) is 0 Å². The van der Waals surface area contributed by atoms with Gasteiger partial charge in [0.25, 0.3) is 0 Å². The topological polar surface area (TPSA) is 60.4 Å². The van der Waals surface area contributed by atoms with E-state index in [-0.39, 0.29) is 17.4 Å². The Bertz CT molecular complexity index is 738. The zero-order chi connectivity index (χ0) is 14.1.